The minimum Gasteiger partial charge on any atom is -0.340 e. The van der Waals surface area contributed by atoms with Crippen LogP contribution >= 0.6 is 34.2 Å². The van der Waals surface area contributed by atoms with Crippen molar-refractivity contribution in [1.82, 2.24) is 9.97 Å². The maximum atomic E-state index is 5.75. The molecule has 0 atom stereocenters. The molecule has 0 bridgehead atoms. The van der Waals surface area contributed by atoms with E-state index in [9.17, 15) is 0 Å². The Hall–Kier alpha value is -0.880. The summed E-state index contributed by atoms with van der Waals surface area (Å²) in [6.45, 7) is 0. The Morgan fingerprint density at radius 2 is 2.07 bits per heavy atom. The normalized spacial score (nSPS) is 10.0. The molecule has 0 aliphatic heterocycles. The maximum Gasteiger partial charge on any atom is 0.135 e. The van der Waals surface area contributed by atoms with Gasteiger partial charge in [-0.3, -0.25) is 0 Å². The number of anilines is 2. The third kappa shape index (κ3) is 3.04. The largest absolute Gasteiger partial charge is 0.340 e. The molecule has 1 aromatic heterocycles. The van der Waals surface area contributed by atoms with E-state index in [2.05, 4.69) is 37.9 Å². The Morgan fingerprint density at radius 1 is 1.20 bits per heavy atom. The van der Waals surface area contributed by atoms with Gasteiger partial charge in [0, 0.05) is 15.3 Å². The van der Waals surface area contributed by atoms with Crippen LogP contribution in [0.15, 0.2) is 36.7 Å². The second-order valence-electron chi connectivity index (χ2n) is 2.86. The fourth-order valence-corrected chi connectivity index (χ4v) is 1.81. The van der Waals surface area contributed by atoms with Crippen LogP contribution in [0, 0.1) is 3.57 Å². The summed E-state index contributed by atoms with van der Waals surface area (Å²) < 4.78 is 1.16. The lowest BCUT2D eigenvalue weighted by Crippen LogP contribution is -1.94. The lowest BCUT2D eigenvalue weighted by molar-refractivity contribution is 1.17. The fraction of sp³-hybridized carbons (Fsp3) is 0. The molecule has 0 aliphatic carbocycles. The molecule has 0 aliphatic rings. The van der Waals surface area contributed by atoms with E-state index in [4.69, 9.17) is 11.6 Å². The second-order valence-corrected chi connectivity index (χ2v) is 4.49. The molecule has 0 radical (unpaired) electrons. The van der Waals surface area contributed by atoms with E-state index >= 15 is 0 Å². The zero-order chi connectivity index (χ0) is 10.7. The van der Waals surface area contributed by atoms with Gasteiger partial charge >= 0.3 is 0 Å². The first-order chi connectivity index (χ1) is 7.24. The van der Waals surface area contributed by atoms with Gasteiger partial charge in [0.1, 0.15) is 17.3 Å². The van der Waals surface area contributed by atoms with Crippen LogP contribution in [0.1, 0.15) is 0 Å². The molecular weight excluding hydrogens is 324 g/mol. The Balaban J connectivity index is 2.22. The average Bonchev–Trinajstić information content (AvgIpc) is 2.17. The van der Waals surface area contributed by atoms with Crippen LogP contribution in [0.5, 0.6) is 0 Å². The first-order valence-corrected chi connectivity index (χ1v) is 5.70. The number of halogens is 2. The molecule has 0 unspecified atom stereocenters. The van der Waals surface area contributed by atoms with Crippen LogP contribution in [0.3, 0.4) is 0 Å². The number of nitrogens with one attached hydrogen (secondary N) is 1. The predicted octanol–water partition coefficient (Wildman–Crippen LogP) is 3.48. The molecule has 1 heterocycles. The van der Waals surface area contributed by atoms with E-state index in [0.29, 0.717) is 11.0 Å². The Kier molecular flexibility index (Phi) is 3.37. The number of rotatable bonds is 2. The van der Waals surface area contributed by atoms with Crippen molar-refractivity contribution >= 4 is 45.7 Å². The molecule has 1 N–H and O–H groups in total. The molecule has 2 rings (SSSR count). The smallest absolute Gasteiger partial charge is 0.135 e. The van der Waals surface area contributed by atoms with Crippen LogP contribution in [-0.2, 0) is 0 Å². The Bertz CT molecular complexity index is 432. The van der Waals surface area contributed by atoms with Gasteiger partial charge in [0.25, 0.3) is 0 Å². The third-order valence-electron chi connectivity index (χ3n) is 1.73. The lowest BCUT2D eigenvalue weighted by Gasteiger charge is -2.05. The number of aromatic nitrogens is 2. The second kappa shape index (κ2) is 4.76. The molecular formula is C10H7ClIN3. The van der Waals surface area contributed by atoms with Crippen LogP contribution in [0.2, 0.25) is 5.15 Å². The van der Waals surface area contributed by atoms with Crippen molar-refractivity contribution in [2.45, 2.75) is 0 Å². The van der Waals surface area contributed by atoms with Gasteiger partial charge in [0.15, 0.2) is 0 Å². The summed E-state index contributed by atoms with van der Waals surface area (Å²) in [7, 11) is 0. The Labute approximate surface area is 106 Å². The zero-order valence-corrected chi connectivity index (χ0v) is 10.5. The van der Waals surface area contributed by atoms with Gasteiger partial charge in [0.2, 0.25) is 0 Å². The molecule has 2 aromatic rings. The van der Waals surface area contributed by atoms with Crippen LogP contribution in [0.4, 0.5) is 11.5 Å². The highest BCUT2D eigenvalue weighted by molar-refractivity contribution is 14.1. The molecule has 15 heavy (non-hydrogen) atoms. The fourth-order valence-electron chi connectivity index (χ4n) is 1.12. The predicted molar refractivity (Wildman–Crippen MR) is 69.5 cm³/mol. The lowest BCUT2D eigenvalue weighted by atomic mass is 10.3. The van der Waals surface area contributed by atoms with Gasteiger partial charge < -0.3 is 5.32 Å². The number of hydrogen-bond acceptors (Lipinski definition) is 3. The minimum absolute atomic E-state index is 0.429. The van der Waals surface area contributed by atoms with Gasteiger partial charge in [0.05, 0.1) is 0 Å². The van der Waals surface area contributed by atoms with Crippen molar-refractivity contribution in [1.29, 1.82) is 0 Å². The van der Waals surface area contributed by atoms with Crippen molar-refractivity contribution in [3.63, 3.8) is 0 Å². The summed E-state index contributed by atoms with van der Waals surface area (Å²) in [5, 5.41) is 3.57. The van der Waals surface area contributed by atoms with Crippen molar-refractivity contribution < 1.29 is 0 Å². The van der Waals surface area contributed by atoms with Crippen LogP contribution in [-0.4, -0.2) is 9.97 Å². The van der Waals surface area contributed by atoms with Crippen LogP contribution in [0.25, 0.3) is 0 Å². The van der Waals surface area contributed by atoms with Gasteiger partial charge in [-0.05, 0) is 40.8 Å². The van der Waals surface area contributed by atoms with Gasteiger partial charge in [-0.2, -0.15) is 0 Å². The van der Waals surface area contributed by atoms with Gasteiger partial charge in [-0.1, -0.05) is 17.7 Å². The highest BCUT2D eigenvalue weighted by Crippen LogP contribution is 2.18. The molecule has 0 fully saturated rings. The summed E-state index contributed by atoms with van der Waals surface area (Å²) in [6.07, 6.45) is 1.43. The van der Waals surface area contributed by atoms with Crippen LogP contribution < -0.4 is 5.32 Å². The molecule has 0 saturated heterocycles. The first kappa shape index (κ1) is 10.6. The van der Waals surface area contributed by atoms with Crippen molar-refractivity contribution in [3.8, 4) is 0 Å². The first-order valence-electron chi connectivity index (χ1n) is 4.24. The van der Waals surface area contributed by atoms with E-state index in [-0.39, 0.29) is 0 Å². The summed E-state index contributed by atoms with van der Waals surface area (Å²) in [5.41, 5.74) is 0.983. The highest BCUT2D eigenvalue weighted by Gasteiger charge is 1.97. The standard InChI is InChI=1S/C10H7ClIN3/c11-9-5-10(14-6-13-9)15-8-3-1-2-7(12)4-8/h1-6H,(H,13,14,15). The topological polar surface area (TPSA) is 37.8 Å². The van der Waals surface area contributed by atoms with Gasteiger partial charge in [-0.15, -0.1) is 0 Å². The SMILES string of the molecule is Clc1cc(Nc2cccc(I)c2)ncn1. The number of nitrogens with zero attached hydrogens (tertiary/aromatic N) is 2. The minimum atomic E-state index is 0.429. The molecule has 76 valence electrons. The van der Waals surface area contributed by atoms with E-state index in [1.807, 2.05) is 24.3 Å². The average molecular weight is 332 g/mol. The number of hydrogen-bond donors (Lipinski definition) is 1. The van der Waals surface area contributed by atoms with Crippen molar-refractivity contribution in [2.24, 2.45) is 0 Å². The molecule has 0 amide bonds. The number of benzene rings is 1. The zero-order valence-electron chi connectivity index (χ0n) is 7.61. The van der Waals surface area contributed by atoms with E-state index < -0.39 is 0 Å². The monoisotopic (exact) mass is 331 g/mol. The summed E-state index contributed by atoms with van der Waals surface area (Å²) in [6, 6.07) is 9.68. The quantitative estimate of drug-likeness (QED) is 0.676. The maximum absolute atomic E-state index is 5.75. The van der Waals surface area contributed by atoms with E-state index in [1.165, 1.54) is 6.33 Å². The summed E-state index contributed by atoms with van der Waals surface area (Å²) in [4.78, 5) is 7.87. The molecule has 5 heteroatoms. The van der Waals surface area contributed by atoms with E-state index in [1.54, 1.807) is 6.07 Å². The highest BCUT2D eigenvalue weighted by atomic mass is 127. The molecule has 0 saturated carbocycles. The Morgan fingerprint density at radius 3 is 2.80 bits per heavy atom. The molecule has 0 spiro atoms. The summed E-state index contributed by atoms with van der Waals surface area (Å²) in [5.74, 6) is 0.692. The van der Waals surface area contributed by atoms with E-state index in [0.717, 1.165) is 9.26 Å². The van der Waals surface area contributed by atoms with Crippen molar-refractivity contribution in [3.05, 3.63) is 45.4 Å². The van der Waals surface area contributed by atoms with Gasteiger partial charge in [-0.25, -0.2) is 9.97 Å². The molecule has 1 aromatic carbocycles. The molecule has 3 nitrogen and oxygen atoms in total. The third-order valence-corrected chi connectivity index (χ3v) is 2.61. The van der Waals surface area contributed by atoms with Crippen molar-refractivity contribution in [2.75, 3.05) is 5.32 Å². The summed E-state index contributed by atoms with van der Waals surface area (Å²) >= 11 is 8.01.